The topological polar surface area (TPSA) is 112 Å². The summed E-state index contributed by atoms with van der Waals surface area (Å²) in [7, 11) is 0. The van der Waals surface area contributed by atoms with Gasteiger partial charge in [-0.1, -0.05) is 18.2 Å². The highest BCUT2D eigenvalue weighted by Gasteiger charge is 2.25. The van der Waals surface area contributed by atoms with Gasteiger partial charge in [0.05, 0.1) is 12.6 Å². The first kappa shape index (κ1) is 20.9. The maximum atomic E-state index is 13.5. The van der Waals surface area contributed by atoms with Gasteiger partial charge in [-0.05, 0) is 31.4 Å². The number of primary amides is 1. The van der Waals surface area contributed by atoms with Crippen molar-refractivity contribution in [2.24, 2.45) is 5.73 Å². The molecule has 1 aliphatic heterocycles. The molecule has 1 unspecified atom stereocenters. The van der Waals surface area contributed by atoms with E-state index in [0.29, 0.717) is 17.7 Å². The number of nitrogens with two attached hydrogens (primary N) is 1. The van der Waals surface area contributed by atoms with Crippen LogP contribution in [0.25, 0.3) is 10.9 Å². The highest BCUT2D eigenvalue weighted by molar-refractivity contribution is 6.12. The fourth-order valence-electron chi connectivity index (χ4n) is 3.70. The Morgan fingerprint density at radius 1 is 1.29 bits per heavy atom. The number of hydrogen-bond acceptors (Lipinski definition) is 5. The van der Waals surface area contributed by atoms with E-state index in [2.05, 4.69) is 15.4 Å². The van der Waals surface area contributed by atoms with Crippen LogP contribution in [0.2, 0.25) is 0 Å². The van der Waals surface area contributed by atoms with E-state index in [-0.39, 0.29) is 35.1 Å². The Balaban J connectivity index is 1.74. The van der Waals surface area contributed by atoms with Gasteiger partial charge in [0.1, 0.15) is 16.9 Å². The van der Waals surface area contributed by atoms with Crippen LogP contribution in [0.3, 0.4) is 0 Å². The van der Waals surface area contributed by atoms with Crippen LogP contribution in [0.15, 0.2) is 36.5 Å². The largest absolute Gasteiger partial charge is 0.376 e. The number of benzene rings is 1. The van der Waals surface area contributed by atoms with Crippen LogP contribution in [-0.2, 0) is 11.3 Å². The van der Waals surface area contributed by atoms with Crippen LogP contribution in [0, 0.1) is 0 Å². The maximum Gasteiger partial charge on any atom is 0.274 e. The smallest absolute Gasteiger partial charge is 0.274 e. The number of fused-ring (bicyclic) bond motifs is 1. The second kappa shape index (κ2) is 8.76. The molecule has 162 valence electrons. The number of pyridine rings is 1. The molecule has 3 aromatic rings. The molecule has 0 aliphatic carbocycles. The zero-order chi connectivity index (χ0) is 22.0. The third kappa shape index (κ3) is 4.38. The molecular weight excluding hydrogens is 408 g/mol. The predicted molar refractivity (Wildman–Crippen MR) is 109 cm³/mol. The number of carbonyl (C=O) groups excluding carboxylic acids is 2. The predicted octanol–water partition coefficient (Wildman–Crippen LogP) is 3.29. The molecule has 10 heteroatoms. The van der Waals surface area contributed by atoms with E-state index in [1.54, 1.807) is 6.07 Å². The molecule has 0 radical (unpaired) electrons. The summed E-state index contributed by atoms with van der Waals surface area (Å²) in [6, 6.07) is 7.20. The van der Waals surface area contributed by atoms with Crippen LogP contribution < -0.4 is 11.1 Å². The first-order chi connectivity index (χ1) is 14.9. The van der Waals surface area contributed by atoms with Gasteiger partial charge in [0.15, 0.2) is 0 Å². The molecule has 1 aromatic carbocycles. The summed E-state index contributed by atoms with van der Waals surface area (Å²) in [5, 5.41) is 7.34. The van der Waals surface area contributed by atoms with E-state index in [9.17, 15) is 18.4 Å². The van der Waals surface area contributed by atoms with Crippen LogP contribution in [0.4, 0.5) is 14.5 Å². The molecule has 3 N–H and O–H groups in total. The van der Waals surface area contributed by atoms with E-state index >= 15 is 0 Å². The Bertz CT molecular complexity index is 1130. The lowest BCUT2D eigenvalue weighted by Gasteiger charge is -2.23. The SMILES string of the molecule is NC(=O)c1cc(NC(=O)c2c3cccc(C(F)F)c3nn2CC2CCCCO2)ccn1. The van der Waals surface area contributed by atoms with Crippen molar-refractivity contribution in [2.75, 3.05) is 11.9 Å². The molecule has 1 aliphatic rings. The minimum Gasteiger partial charge on any atom is -0.376 e. The molecule has 2 amide bonds. The van der Waals surface area contributed by atoms with Crippen molar-refractivity contribution in [2.45, 2.75) is 38.3 Å². The van der Waals surface area contributed by atoms with E-state index in [1.807, 2.05) is 0 Å². The molecule has 1 atom stereocenters. The monoisotopic (exact) mass is 429 g/mol. The van der Waals surface area contributed by atoms with Crippen molar-refractivity contribution in [3.05, 3.63) is 53.5 Å². The minimum absolute atomic E-state index is 0.00763. The fraction of sp³-hybridized carbons (Fsp3) is 0.333. The van der Waals surface area contributed by atoms with Gasteiger partial charge in [-0.3, -0.25) is 19.3 Å². The van der Waals surface area contributed by atoms with Gasteiger partial charge in [-0.2, -0.15) is 5.10 Å². The number of anilines is 1. The summed E-state index contributed by atoms with van der Waals surface area (Å²) in [6.45, 7) is 0.880. The highest BCUT2D eigenvalue weighted by atomic mass is 19.3. The van der Waals surface area contributed by atoms with Crippen molar-refractivity contribution in [1.29, 1.82) is 0 Å². The molecule has 0 spiro atoms. The van der Waals surface area contributed by atoms with Crippen LogP contribution in [0.5, 0.6) is 0 Å². The molecule has 0 bridgehead atoms. The molecular formula is C21H21F2N5O3. The number of aromatic nitrogens is 3. The summed E-state index contributed by atoms with van der Waals surface area (Å²) in [6.07, 6.45) is 1.20. The number of carbonyl (C=O) groups is 2. The molecule has 1 saturated heterocycles. The zero-order valence-electron chi connectivity index (χ0n) is 16.6. The first-order valence-electron chi connectivity index (χ1n) is 9.90. The Hall–Kier alpha value is -3.40. The van der Waals surface area contributed by atoms with Crippen LogP contribution in [0.1, 0.15) is 52.2 Å². The number of alkyl halides is 2. The number of halogens is 2. The standard InChI is InChI=1S/C21H21F2N5O3/c22-19(23)15-6-3-5-14-17(15)27-28(11-13-4-1-2-9-31-13)18(14)21(30)26-12-7-8-25-16(10-12)20(24)29/h3,5-8,10,13,19H,1-2,4,9,11H2,(H2,24,29)(H,25,26,30). The lowest BCUT2D eigenvalue weighted by atomic mass is 10.1. The summed E-state index contributed by atoms with van der Waals surface area (Å²) >= 11 is 0. The van der Waals surface area contributed by atoms with Crippen molar-refractivity contribution < 1.29 is 23.1 Å². The van der Waals surface area contributed by atoms with Gasteiger partial charge in [0.2, 0.25) is 0 Å². The Kier molecular flexibility index (Phi) is 5.90. The summed E-state index contributed by atoms with van der Waals surface area (Å²) < 4.78 is 34.3. The van der Waals surface area contributed by atoms with Crippen molar-refractivity contribution in [3.63, 3.8) is 0 Å². The number of nitrogens with zero attached hydrogens (tertiary/aromatic N) is 3. The Morgan fingerprint density at radius 2 is 2.13 bits per heavy atom. The molecule has 0 saturated carbocycles. The van der Waals surface area contributed by atoms with Crippen LogP contribution >= 0.6 is 0 Å². The zero-order valence-corrected chi connectivity index (χ0v) is 16.6. The molecule has 3 heterocycles. The molecule has 4 rings (SSSR count). The quantitative estimate of drug-likeness (QED) is 0.625. The van der Waals surface area contributed by atoms with Crippen molar-refractivity contribution in [3.8, 4) is 0 Å². The van der Waals surface area contributed by atoms with E-state index in [1.165, 1.54) is 35.1 Å². The minimum atomic E-state index is -2.73. The average molecular weight is 429 g/mol. The summed E-state index contributed by atoms with van der Waals surface area (Å²) in [5.74, 6) is -1.28. The lowest BCUT2D eigenvalue weighted by Crippen LogP contribution is -2.28. The van der Waals surface area contributed by atoms with Gasteiger partial charge in [-0.15, -0.1) is 0 Å². The third-order valence-corrected chi connectivity index (χ3v) is 5.17. The normalized spacial score (nSPS) is 16.5. The van der Waals surface area contributed by atoms with E-state index < -0.39 is 18.2 Å². The van der Waals surface area contributed by atoms with Gasteiger partial charge in [0, 0.05) is 29.4 Å². The number of rotatable bonds is 6. The van der Waals surface area contributed by atoms with E-state index in [4.69, 9.17) is 10.5 Å². The second-order valence-electron chi connectivity index (χ2n) is 7.31. The van der Waals surface area contributed by atoms with Gasteiger partial charge >= 0.3 is 0 Å². The third-order valence-electron chi connectivity index (χ3n) is 5.17. The van der Waals surface area contributed by atoms with Crippen molar-refractivity contribution in [1.82, 2.24) is 14.8 Å². The summed E-state index contributed by atoms with van der Waals surface area (Å²) in [4.78, 5) is 28.4. The second-order valence-corrected chi connectivity index (χ2v) is 7.31. The number of ether oxygens (including phenoxy) is 1. The number of nitrogens with one attached hydrogen (secondary N) is 1. The molecule has 1 fully saturated rings. The highest BCUT2D eigenvalue weighted by Crippen LogP contribution is 2.30. The molecule has 8 nitrogen and oxygen atoms in total. The fourth-order valence-corrected chi connectivity index (χ4v) is 3.70. The van der Waals surface area contributed by atoms with Crippen LogP contribution in [-0.4, -0.2) is 39.3 Å². The molecule has 31 heavy (non-hydrogen) atoms. The van der Waals surface area contributed by atoms with E-state index in [0.717, 1.165) is 19.3 Å². The number of hydrogen-bond donors (Lipinski definition) is 2. The molecule has 2 aromatic heterocycles. The van der Waals surface area contributed by atoms with Crippen molar-refractivity contribution >= 4 is 28.4 Å². The summed E-state index contributed by atoms with van der Waals surface area (Å²) in [5.41, 5.74) is 5.51. The first-order valence-corrected chi connectivity index (χ1v) is 9.90. The van der Waals surface area contributed by atoms with Gasteiger partial charge < -0.3 is 15.8 Å². The maximum absolute atomic E-state index is 13.5. The average Bonchev–Trinajstić information content (AvgIpc) is 3.12. The van der Waals surface area contributed by atoms with Gasteiger partial charge in [-0.25, -0.2) is 8.78 Å². The Morgan fingerprint density at radius 3 is 2.84 bits per heavy atom. The number of amides is 2. The van der Waals surface area contributed by atoms with Gasteiger partial charge in [0.25, 0.3) is 18.2 Å². The lowest BCUT2D eigenvalue weighted by molar-refractivity contribution is 0.00378. The Labute approximate surface area is 176 Å².